The molecule has 1 aromatic carbocycles. The zero-order chi connectivity index (χ0) is 15.7. The summed E-state index contributed by atoms with van der Waals surface area (Å²) in [5.41, 5.74) is -0.199. The van der Waals surface area contributed by atoms with Crippen molar-refractivity contribution in [2.24, 2.45) is 4.99 Å². The van der Waals surface area contributed by atoms with Crippen molar-refractivity contribution in [2.45, 2.75) is 12.2 Å². The molecule has 3 rings (SSSR count). The summed E-state index contributed by atoms with van der Waals surface area (Å²) in [6.45, 7) is 5.27. The Morgan fingerprint density at radius 3 is 2.64 bits per heavy atom. The lowest BCUT2D eigenvalue weighted by Crippen LogP contribution is -2.50. The van der Waals surface area contributed by atoms with Gasteiger partial charge in [-0.25, -0.2) is 8.78 Å². The summed E-state index contributed by atoms with van der Waals surface area (Å²) in [6.07, 6.45) is 0. The number of carbonyl (C=O) groups excluding carboxylic acids is 1. The number of benzene rings is 1. The van der Waals surface area contributed by atoms with E-state index in [9.17, 15) is 13.6 Å². The fraction of sp³-hybridized carbons (Fsp3) is 0.467. The Hall–Kier alpha value is -1.63. The smallest absolute Gasteiger partial charge is 0.257 e. The standard InChI is InChI=1S/C15H17F2N3OS/c1-10-9-18-15(22-10)20-7-5-19(6-8-20)14(21)11-3-2-4-12(16)13(11)17/h2-4,10H,5-9H2,1H3. The molecule has 0 bridgehead atoms. The van der Waals surface area contributed by atoms with Gasteiger partial charge in [-0.1, -0.05) is 24.8 Å². The molecule has 0 radical (unpaired) electrons. The van der Waals surface area contributed by atoms with Crippen LogP contribution in [0.25, 0.3) is 0 Å². The maximum absolute atomic E-state index is 13.7. The lowest BCUT2D eigenvalue weighted by Gasteiger charge is -2.35. The van der Waals surface area contributed by atoms with E-state index in [1.165, 1.54) is 12.1 Å². The van der Waals surface area contributed by atoms with Crippen molar-refractivity contribution >= 4 is 22.8 Å². The number of piperazine rings is 1. The molecule has 1 amide bonds. The van der Waals surface area contributed by atoms with Gasteiger partial charge in [0.1, 0.15) is 0 Å². The molecule has 4 nitrogen and oxygen atoms in total. The number of rotatable bonds is 1. The van der Waals surface area contributed by atoms with Gasteiger partial charge in [-0.05, 0) is 12.1 Å². The third-order valence-electron chi connectivity index (χ3n) is 3.81. The van der Waals surface area contributed by atoms with Crippen LogP contribution in [0.15, 0.2) is 23.2 Å². The molecular formula is C15H17F2N3OS. The van der Waals surface area contributed by atoms with Gasteiger partial charge in [-0.3, -0.25) is 9.79 Å². The molecule has 1 fully saturated rings. The summed E-state index contributed by atoms with van der Waals surface area (Å²) < 4.78 is 27.0. The molecule has 0 saturated carbocycles. The van der Waals surface area contributed by atoms with E-state index >= 15 is 0 Å². The van der Waals surface area contributed by atoms with Gasteiger partial charge in [0, 0.05) is 31.4 Å². The molecule has 0 spiro atoms. The topological polar surface area (TPSA) is 35.9 Å². The SMILES string of the molecule is CC1CN=C(N2CCN(C(=O)c3cccc(F)c3F)CC2)S1. The highest BCUT2D eigenvalue weighted by atomic mass is 32.2. The quantitative estimate of drug-likeness (QED) is 0.794. The van der Waals surface area contributed by atoms with Gasteiger partial charge < -0.3 is 9.80 Å². The second-order valence-corrected chi connectivity index (χ2v) is 6.84. The van der Waals surface area contributed by atoms with Gasteiger partial charge in [0.05, 0.1) is 12.1 Å². The van der Waals surface area contributed by atoms with Crippen LogP contribution in [0.1, 0.15) is 17.3 Å². The summed E-state index contributed by atoms with van der Waals surface area (Å²) in [6, 6.07) is 3.69. The number of aliphatic imine (C=N–C) groups is 1. The Morgan fingerprint density at radius 1 is 1.27 bits per heavy atom. The van der Waals surface area contributed by atoms with Crippen LogP contribution in [-0.4, -0.2) is 58.8 Å². The lowest BCUT2D eigenvalue weighted by atomic mass is 10.1. The van der Waals surface area contributed by atoms with Crippen molar-refractivity contribution < 1.29 is 13.6 Å². The zero-order valence-corrected chi connectivity index (χ0v) is 13.1. The summed E-state index contributed by atoms with van der Waals surface area (Å²) in [5.74, 6) is -2.51. The molecule has 7 heteroatoms. The summed E-state index contributed by atoms with van der Waals surface area (Å²) in [5, 5.41) is 1.52. The van der Waals surface area contributed by atoms with Gasteiger partial charge in [0.2, 0.25) is 0 Å². The normalized spacial score (nSPS) is 22.0. The minimum absolute atomic E-state index is 0.199. The van der Waals surface area contributed by atoms with Crippen LogP contribution >= 0.6 is 11.8 Å². The zero-order valence-electron chi connectivity index (χ0n) is 12.3. The van der Waals surface area contributed by atoms with Crippen molar-refractivity contribution in [3.63, 3.8) is 0 Å². The summed E-state index contributed by atoms with van der Waals surface area (Å²) in [7, 11) is 0. The van der Waals surface area contributed by atoms with Crippen molar-refractivity contribution in [3.05, 3.63) is 35.4 Å². The van der Waals surface area contributed by atoms with Gasteiger partial charge >= 0.3 is 0 Å². The van der Waals surface area contributed by atoms with E-state index in [1.807, 2.05) is 0 Å². The van der Waals surface area contributed by atoms with Crippen LogP contribution in [0.3, 0.4) is 0 Å². The van der Waals surface area contributed by atoms with Crippen LogP contribution in [0, 0.1) is 11.6 Å². The number of halogens is 2. The molecule has 1 unspecified atom stereocenters. The Kier molecular flexibility index (Phi) is 4.33. The van der Waals surface area contributed by atoms with Crippen molar-refractivity contribution in [1.29, 1.82) is 0 Å². The van der Waals surface area contributed by atoms with Gasteiger partial charge in [-0.15, -0.1) is 0 Å². The van der Waals surface area contributed by atoms with Crippen LogP contribution in [0.2, 0.25) is 0 Å². The number of thioether (sulfide) groups is 1. The predicted molar refractivity (Wildman–Crippen MR) is 83.2 cm³/mol. The molecule has 2 aliphatic heterocycles. The molecule has 1 atom stereocenters. The monoisotopic (exact) mass is 325 g/mol. The predicted octanol–water partition coefficient (Wildman–Crippen LogP) is 2.21. The van der Waals surface area contributed by atoms with Crippen LogP contribution < -0.4 is 0 Å². The molecule has 0 N–H and O–H groups in total. The molecular weight excluding hydrogens is 308 g/mol. The Morgan fingerprint density at radius 2 is 2.00 bits per heavy atom. The van der Waals surface area contributed by atoms with E-state index in [-0.39, 0.29) is 5.56 Å². The van der Waals surface area contributed by atoms with Gasteiger partial charge in [0.15, 0.2) is 16.8 Å². The number of hydrogen-bond donors (Lipinski definition) is 0. The van der Waals surface area contributed by atoms with Crippen LogP contribution in [0.4, 0.5) is 8.78 Å². The van der Waals surface area contributed by atoms with E-state index in [2.05, 4.69) is 16.8 Å². The van der Waals surface area contributed by atoms with E-state index in [0.717, 1.165) is 17.8 Å². The van der Waals surface area contributed by atoms with Gasteiger partial charge in [-0.2, -0.15) is 0 Å². The Balaban J connectivity index is 1.64. The Bertz CT molecular complexity index is 615. The Labute approximate surface area is 132 Å². The molecule has 0 aromatic heterocycles. The maximum atomic E-state index is 13.7. The number of carbonyl (C=O) groups is 1. The van der Waals surface area contributed by atoms with E-state index in [4.69, 9.17) is 0 Å². The number of hydrogen-bond acceptors (Lipinski definition) is 4. The molecule has 22 heavy (non-hydrogen) atoms. The number of amides is 1. The molecule has 0 aliphatic carbocycles. The molecule has 2 heterocycles. The van der Waals surface area contributed by atoms with Crippen molar-refractivity contribution in [3.8, 4) is 0 Å². The van der Waals surface area contributed by atoms with Gasteiger partial charge in [0.25, 0.3) is 5.91 Å². The second-order valence-electron chi connectivity index (χ2n) is 5.43. The highest BCUT2D eigenvalue weighted by Crippen LogP contribution is 2.24. The van der Waals surface area contributed by atoms with Crippen molar-refractivity contribution in [2.75, 3.05) is 32.7 Å². The first-order valence-corrected chi connectivity index (χ1v) is 8.13. The second kappa shape index (κ2) is 6.24. The third-order valence-corrected chi connectivity index (χ3v) is 4.96. The van der Waals surface area contributed by atoms with E-state index < -0.39 is 17.5 Å². The first kappa shape index (κ1) is 15.3. The largest absolute Gasteiger partial charge is 0.348 e. The third kappa shape index (κ3) is 2.95. The van der Waals surface area contributed by atoms with E-state index in [0.29, 0.717) is 31.4 Å². The first-order chi connectivity index (χ1) is 10.6. The van der Waals surface area contributed by atoms with Crippen molar-refractivity contribution in [1.82, 2.24) is 9.80 Å². The van der Waals surface area contributed by atoms with Crippen LogP contribution in [0.5, 0.6) is 0 Å². The molecule has 1 saturated heterocycles. The number of nitrogens with zero attached hydrogens (tertiary/aromatic N) is 3. The molecule has 118 valence electrons. The highest BCUT2D eigenvalue weighted by molar-refractivity contribution is 8.14. The molecule has 1 aromatic rings. The lowest BCUT2D eigenvalue weighted by molar-refractivity contribution is 0.0688. The molecule has 2 aliphatic rings. The van der Waals surface area contributed by atoms with E-state index in [1.54, 1.807) is 16.7 Å². The highest BCUT2D eigenvalue weighted by Gasteiger charge is 2.28. The average Bonchev–Trinajstić information content (AvgIpc) is 2.96. The first-order valence-electron chi connectivity index (χ1n) is 7.25. The summed E-state index contributed by atoms with van der Waals surface area (Å²) >= 11 is 1.75. The van der Waals surface area contributed by atoms with Crippen LogP contribution in [-0.2, 0) is 0 Å². The fourth-order valence-electron chi connectivity index (χ4n) is 2.58. The fourth-order valence-corrected chi connectivity index (χ4v) is 3.57. The number of amidine groups is 1. The summed E-state index contributed by atoms with van der Waals surface area (Å²) in [4.78, 5) is 20.5. The minimum Gasteiger partial charge on any atom is -0.348 e. The minimum atomic E-state index is -1.07. The maximum Gasteiger partial charge on any atom is 0.257 e. The average molecular weight is 325 g/mol.